The number of piperidine rings is 1. The monoisotopic (exact) mass is 247 g/mol. The van der Waals surface area contributed by atoms with Crippen molar-refractivity contribution in [3.63, 3.8) is 0 Å². The third kappa shape index (κ3) is 2.66. The molecule has 1 unspecified atom stereocenters. The zero-order valence-electron chi connectivity index (χ0n) is 12.1. The summed E-state index contributed by atoms with van der Waals surface area (Å²) in [5, 5.41) is 0. The van der Waals surface area contributed by atoms with Crippen molar-refractivity contribution in [1.29, 1.82) is 0 Å². The number of pyridine rings is 1. The van der Waals surface area contributed by atoms with E-state index in [1.54, 1.807) is 0 Å². The van der Waals surface area contributed by atoms with Crippen molar-refractivity contribution < 1.29 is 0 Å². The van der Waals surface area contributed by atoms with E-state index in [0.717, 1.165) is 12.4 Å². The molecule has 1 fully saturated rings. The van der Waals surface area contributed by atoms with Crippen LogP contribution in [0.4, 0.5) is 5.82 Å². The number of likely N-dealkylation sites (tertiary alicyclic amines) is 1. The molecule has 1 aromatic rings. The highest BCUT2D eigenvalue weighted by Gasteiger charge is 2.24. The molecule has 3 heteroatoms. The summed E-state index contributed by atoms with van der Waals surface area (Å²) in [7, 11) is 4.08. The Morgan fingerprint density at radius 3 is 2.78 bits per heavy atom. The van der Waals surface area contributed by atoms with E-state index in [-0.39, 0.29) is 0 Å². The van der Waals surface area contributed by atoms with E-state index in [1.165, 1.54) is 36.9 Å². The summed E-state index contributed by atoms with van der Waals surface area (Å²) < 4.78 is 0. The van der Waals surface area contributed by atoms with Gasteiger partial charge in [0.2, 0.25) is 0 Å². The van der Waals surface area contributed by atoms with Crippen LogP contribution in [0.3, 0.4) is 0 Å². The number of nitrogens with zero attached hydrogens (tertiary/aromatic N) is 3. The number of rotatable bonds is 3. The number of aryl methyl sites for hydroxylation is 1. The summed E-state index contributed by atoms with van der Waals surface area (Å²) in [6.07, 6.45) is 6.05. The summed E-state index contributed by atoms with van der Waals surface area (Å²) in [4.78, 5) is 9.23. The van der Waals surface area contributed by atoms with E-state index < -0.39 is 0 Å². The molecule has 1 saturated heterocycles. The summed E-state index contributed by atoms with van der Waals surface area (Å²) >= 11 is 0. The molecule has 1 aliphatic heterocycles. The second kappa shape index (κ2) is 5.70. The van der Waals surface area contributed by atoms with Crippen molar-refractivity contribution in [1.82, 2.24) is 9.88 Å². The van der Waals surface area contributed by atoms with Crippen molar-refractivity contribution in [3.05, 3.63) is 23.4 Å². The average Bonchev–Trinajstić information content (AvgIpc) is 2.38. The van der Waals surface area contributed by atoms with Gasteiger partial charge < -0.3 is 4.90 Å². The highest BCUT2D eigenvalue weighted by atomic mass is 15.2. The minimum absolute atomic E-state index is 0.576. The highest BCUT2D eigenvalue weighted by Crippen LogP contribution is 2.32. The first-order valence-corrected chi connectivity index (χ1v) is 7.01. The zero-order chi connectivity index (χ0) is 13.1. The third-order valence-corrected chi connectivity index (χ3v) is 3.97. The van der Waals surface area contributed by atoms with E-state index in [1.807, 2.05) is 14.1 Å². The maximum absolute atomic E-state index is 4.58. The average molecular weight is 247 g/mol. The highest BCUT2D eigenvalue weighted by molar-refractivity contribution is 5.42. The fourth-order valence-electron chi connectivity index (χ4n) is 2.87. The van der Waals surface area contributed by atoms with Crippen molar-refractivity contribution >= 4 is 5.82 Å². The quantitative estimate of drug-likeness (QED) is 0.818. The molecule has 1 atom stereocenters. The lowest BCUT2D eigenvalue weighted by Crippen LogP contribution is -2.33. The van der Waals surface area contributed by atoms with Gasteiger partial charge in [0, 0.05) is 26.3 Å². The van der Waals surface area contributed by atoms with E-state index in [9.17, 15) is 0 Å². The molecular weight excluding hydrogens is 222 g/mol. The molecule has 0 aliphatic carbocycles. The van der Waals surface area contributed by atoms with E-state index >= 15 is 0 Å². The molecule has 1 aliphatic rings. The minimum atomic E-state index is 0.576. The van der Waals surface area contributed by atoms with Gasteiger partial charge in [0.05, 0.1) is 0 Å². The molecule has 2 heterocycles. The molecule has 0 amide bonds. The van der Waals surface area contributed by atoms with Crippen LogP contribution in [-0.4, -0.2) is 37.1 Å². The molecule has 2 rings (SSSR count). The van der Waals surface area contributed by atoms with Crippen LogP contribution in [0, 0.1) is 6.92 Å². The summed E-state index contributed by atoms with van der Waals surface area (Å²) in [6.45, 7) is 6.84. The first kappa shape index (κ1) is 13.3. The standard InChI is InChI=1S/C15H25N3/c1-5-18-9-7-6-8-14(18)13-11-16-15(17(3)4)10-12(13)2/h10-11,14H,5-9H2,1-4H3. The van der Waals surface area contributed by atoms with Gasteiger partial charge in [-0.05, 0) is 50.0 Å². The Labute approximate surface area is 111 Å². The predicted molar refractivity (Wildman–Crippen MR) is 77.1 cm³/mol. The second-order valence-electron chi connectivity index (χ2n) is 5.43. The van der Waals surface area contributed by atoms with Crippen LogP contribution in [0.2, 0.25) is 0 Å². The number of aromatic nitrogens is 1. The molecular formula is C15H25N3. The number of hydrogen-bond acceptors (Lipinski definition) is 3. The molecule has 3 nitrogen and oxygen atoms in total. The molecule has 1 aromatic heterocycles. The molecule has 0 spiro atoms. The normalized spacial score (nSPS) is 21.0. The molecule has 0 N–H and O–H groups in total. The smallest absolute Gasteiger partial charge is 0.128 e. The van der Waals surface area contributed by atoms with Gasteiger partial charge in [0.15, 0.2) is 0 Å². The van der Waals surface area contributed by atoms with Gasteiger partial charge in [-0.1, -0.05) is 13.3 Å². The van der Waals surface area contributed by atoms with Crippen LogP contribution < -0.4 is 4.90 Å². The van der Waals surface area contributed by atoms with Crippen molar-refractivity contribution in [3.8, 4) is 0 Å². The van der Waals surface area contributed by atoms with Crippen LogP contribution in [0.15, 0.2) is 12.3 Å². The fourth-order valence-corrected chi connectivity index (χ4v) is 2.87. The van der Waals surface area contributed by atoms with Crippen LogP contribution in [-0.2, 0) is 0 Å². The largest absolute Gasteiger partial charge is 0.363 e. The SMILES string of the molecule is CCN1CCCCC1c1cnc(N(C)C)cc1C. The summed E-state index contributed by atoms with van der Waals surface area (Å²) in [6, 6.07) is 2.78. The van der Waals surface area contributed by atoms with Crippen LogP contribution in [0.25, 0.3) is 0 Å². The van der Waals surface area contributed by atoms with Gasteiger partial charge >= 0.3 is 0 Å². The topological polar surface area (TPSA) is 19.4 Å². The Balaban J connectivity index is 2.26. The van der Waals surface area contributed by atoms with Crippen molar-refractivity contribution in [2.75, 3.05) is 32.1 Å². The Morgan fingerprint density at radius 2 is 2.17 bits per heavy atom. The first-order valence-electron chi connectivity index (χ1n) is 7.01. The van der Waals surface area contributed by atoms with Gasteiger partial charge in [0.1, 0.15) is 5.82 Å². The van der Waals surface area contributed by atoms with Gasteiger partial charge in [-0.2, -0.15) is 0 Å². The Morgan fingerprint density at radius 1 is 1.39 bits per heavy atom. The summed E-state index contributed by atoms with van der Waals surface area (Å²) in [5.74, 6) is 1.05. The maximum atomic E-state index is 4.58. The maximum Gasteiger partial charge on any atom is 0.128 e. The fraction of sp³-hybridized carbons (Fsp3) is 0.667. The lowest BCUT2D eigenvalue weighted by Gasteiger charge is -2.35. The lowest BCUT2D eigenvalue weighted by atomic mass is 9.93. The third-order valence-electron chi connectivity index (χ3n) is 3.97. The first-order chi connectivity index (χ1) is 8.63. The van der Waals surface area contributed by atoms with E-state index in [4.69, 9.17) is 0 Å². The van der Waals surface area contributed by atoms with E-state index in [2.05, 4.69) is 40.9 Å². The van der Waals surface area contributed by atoms with Gasteiger partial charge in [-0.15, -0.1) is 0 Å². The number of hydrogen-bond donors (Lipinski definition) is 0. The Hall–Kier alpha value is -1.09. The molecule has 0 saturated carbocycles. The van der Waals surface area contributed by atoms with Crippen molar-refractivity contribution in [2.45, 2.75) is 39.2 Å². The lowest BCUT2D eigenvalue weighted by molar-refractivity contribution is 0.156. The molecule has 0 bridgehead atoms. The molecule has 0 radical (unpaired) electrons. The summed E-state index contributed by atoms with van der Waals surface area (Å²) in [5.41, 5.74) is 2.79. The van der Waals surface area contributed by atoms with Crippen LogP contribution >= 0.6 is 0 Å². The van der Waals surface area contributed by atoms with Crippen LogP contribution in [0.5, 0.6) is 0 Å². The Kier molecular flexibility index (Phi) is 4.23. The predicted octanol–water partition coefficient (Wildman–Crippen LogP) is 3.00. The van der Waals surface area contributed by atoms with Crippen LogP contribution in [0.1, 0.15) is 43.4 Å². The van der Waals surface area contributed by atoms with Gasteiger partial charge in [-0.25, -0.2) is 4.98 Å². The molecule has 18 heavy (non-hydrogen) atoms. The van der Waals surface area contributed by atoms with Gasteiger partial charge in [-0.3, -0.25) is 4.90 Å². The van der Waals surface area contributed by atoms with Gasteiger partial charge in [0.25, 0.3) is 0 Å². The molecule has 100 valence electrons. The Bertz CT molecular complexity index is 401. The zero-order valence-corrected chi connectivity index (χ0v) is 12.1. The number of anilines is 1. The molecule has 0 aromatic carbocycles. The second-order valence-corrected chi connectivity index (χ2v) is 5.43. The van der Waals surface area contributed by atoms with Crippen molar-refractivity contribution in [2.24, 2.45) is 0 Å². The minimum Gasteiger partial charge on any atom is -0.363 e. The van der Waals surface area contributed by atoms with E-state index in [0.29, 0.717) is 6.04 Å².